The van der Waals surface area contributed by atoms with Crippen molar-refractivity contribution in [2.45, 2.75) is 97.5 Å². The van der Waals surface area contributed by atoms with Gasteiger partial charge in [-0.05, 0) is 19.8 Å². The number of esters is 1. The van der Waals surface area contributed by atoms with Crippen LogP contribution in [0.25, 0.3) is 0 Å². The third kappa shape index (κ3) is 16.3. The molecule has 0 rings (SSSR count). The second kappa shape index (κ2) is 16.4. The minimum atomic E-state index is -0.00726. The monoisotopic (exact) mass is 371 g/mol. The molecule has 0 aromatic heterocycles. The Balaban J connectivity index is 0. The molecule has 0 aromatic rings. The number of hydrogen-bond donors (Lipinski definition) is 0. The Kier molecular flexibility index (Phi) is 18.7. The summed E-state index contributed by atoms with van der Waals surface area (Å²) in [6.45, 7) is 6.39. The Morgan fingerprint density at radius 1 is 0.895 bits per heavy atom. The molecule has 0 amide bonds. The number of unbranched alkanes of at least 4 members (excludes halogenated alkanes) is 7. The molecule has 0 aromatic carbocycles. The van der Waals surface area contributed by atoms with Crippen LogP contribution in [0.3, 0.4) is 0 Å². The van der Waals surface area contributed by atoms with Crippen LogP contribution < -0.4 is 0 Å². The van der Waals surface area contributed by atoms with Gasteiger partial charge >= 0.3 is 5.97 Å². The summed E-state index contributed by atoms with van der Waals surface area (Å²) in [6, 6.07) is 0. The van der Waals surface area contributed by atoms with E-state index in [1.807, 2.05) is 6.92 Å². The molecule has 2 nitrogen and oxygen atoms in total. The summed E-state index contributed by atoms with van der Waals surface area (Å²) < 4.78 is 5.36. The van der Waals surface area contributed by atoms with E-state index >= 15 is 0 Å². The molecule has 0 spiro atoms. The van der Waals surface area contributed by atoms with Crippen LogP contribution in [0.15, 0.2) is 0 Å². The number of rotatable bonds is 12. The van der Waals surface area contributed by atoms with Gasteiger partial charge in [0.15, 0.2) is 0 Å². The van der Waals surface area contributed by atoms with Gasteiger partial charge in [0.25, 0.3) is 0 Å². The summed E-state index contributed by atoms with van der Waals surface area (Å²) in [6.07, 6.45) is 12.7. The quantitative estimate of drug-likeness (QED) is 0.362. The topological polar surface area (TPSA) is 26.3 Å². The molecule has 3 radical (unpaired) electrons. The Bertz CT molecular complexity index is 195. The molecule has 3 heteroatoms. The van der Waals surface area contributed by atoms with E-state index in [2.05, 4.69) is 13.8 Å². The number of ether oxygens (including phenoxy) is 1. The van der Waals surface area contributed by atoms with Gasteiger partial charge < -0.3 is 4.74 Å². The van der Waals surface area contributed by atoms with Crippen molar-refractivity contribution >= 4 is 31.8 Å². The fraction of sp³-hybridized carbons (Fsp3) is 0.938. The van der Waals surface area contributed by atoms with Crippen LogP contribution >= 0.6 is 0 Å². The van der Waals surface area contributed by atoms with Crippen molar-refractivity contribution in [1.82, 2.24) is 0 Å². The largest absolute Gasteiger partial charge is 0.463 e. The van der Waals surface area contributed by atoms with Crippen LogP contribution in [0.5, 0.6) is 0 Å². The molecule has 1 unspecified atom stereocenters. The van der Waals surface area contributed by atoms with Gasteiger partial charge in [0, 0.05) is 32.3 Å². The van der Waals surface area contributed by atoms with E-state index in [9.17, 15) is 4.79 Å². The van der Waals surface area contributed by atoms with E-state index in [1.165, 1.54) is 44.9 Å². The maximum Gasteiger partial charge on any atom is 0.306 e. The maximum atomic E-state index is 11.5. The molecule has 111 valence electrons. The zero-order valence-electron chi connectivity index (χ0n) is 13.2. The predicted octanol–water partition coefficient (Wildman–Crippen LogP) is 4.87. The zero-order valence-corrected chi connectivity index (χ0v) is 16.5. The molecule has 0 saturated carbocycles. The summed E-state index contributed by atoms with van der Waals surface area (Å²) in [4.78, 5) is 11.5. The van der Waals surface area contributed by atoms with E-state index < -0.39 is 0 Å². The third-order valence-corrected chi connectivity index (χ3v) is 3.28. The van der Waals surface area contributed by atoms with Gasteiger partial charge in [-0.3, -0.25) is 4.79 Å². The minimum absolute atomic E-state index is 0. The van der Waals surface area contributed by atoms with Gasteiger partial charge in [-0.25, -0.2) is 0 Å². The van der Waals surface area contributed by atoms with Crippen molar-refractivity contribution in [2.75, 3.05) is 0 Å². The zero-order chi connectivity index (χ0) is 13.6. The van der Waals surface area contributed by atoms with Gasteiger partial charge in [0.05, 0.1) is 6.10 Å². The first-order valence-corrected chi connectivity index (χ1v) is 7.90. The summed E-state index contributed by atoms with van der Waals surface area (Å²) in [5.41, 5.74) is 0. The molecule has 0 aliphatic carbocycles. The molecule has 0 N–H and O–H groups in total. The van der Waals surface area contributed by atoms with E-state index in [0.717, 1.165) is 19.3 Å². The van der Waals surface area contributed by atoms with Crippen molar-refractivity contribution in [3.05, 3.63) is 0 Å². The van der Waals surface area contributed by atoms with Gasteiger partial charge in [-0.2, -0.15) is 0 Å². The van der Waals surface area contributed by atoms with Gasteiger partial charge in [0.2, 0.25) is 0 Å². The van der Waals surface area contributed by atoms with E-state index in [-0.39, 0.29) is 37.9 Å². The second-order valence-corrected chi connectivity index (χ2v) is 5.31. The summed E-state index contributed by atoms with van der Waals surface area (Å²) in [5, 5.41) is 0. The van der Waals surface area contributed by atoms with E-state index in [0.29, 0.717) is 6.42 Å². The molecule has 19 heavy (non-hydrogen) atoms. The molecule has 0 saturated heterocycles. The molecule has 0 aliphatic heterocycles. The fourth-order valence-electron chi connectivity index (χ4n) is 2.06. The van der Waals surface area contributed by atoms with Gasteiger partial charge in [-0.15, -0.1) is 0 Å². The minimum Gasteiger partial charge on any atom is -0.463 e. The molecular weight excluding hydrogens is 339 g/mol. The SMILES string of the molecule is CCCCCCCCCC(=O)OC(C)CCCC.[In]. The van der Waals surface area contributed by atoms with Gasteiger partial charge in [0.1, 0.15) is 0 Å². The van der Waals surface area contributed by atoms with Crippen molar-refractivity contribution in [3.8, 4) is 0 Å². The Morgan fingerprint density at radius 3 is 2.00 bits per heavy atom. The standard InChI is InChI=1S/C16H32O2.In/c1-4-6-8-9-10-11-12-14-16(17)18-15(3)13-7-5-2;/h15H,4-14H2,1-3H3;. The summed E-state index contributed by atoms with van der Waals surface area (Å²) >= 11 is 0. The fourth-order valence-corrected chi connectivity index (χ4v) is 2.06. The predicted molar refractivity (Wildman–Crippen MR) is 83.4 cm³/mol. The average molecular weight is 371 g/mol. The van der Waals surface area contributed by atoms with Crippen LogP contribution in [0.2, 0.25) is 0 Å². The van der Waals surface area contributed by atoms with Crippen molar-refractivity contribution in [2.24, 2.45) is 0 Å². The maximum absolute atomic E-state index is 11.5. The number of hydrogen-bond acceptors (Lipinski definition) is 2. The van der Waals surface area contributed by atoms with Crippen molar-refractivity contribution in [1.29, 1.82) is 0 Å². The number of carbonyl (C=O) groups is 1. The summed E-state index contributed by atoms with van der Waals surface area (Å²) in [5.74, 6) is -0.00726. The van der Waals surface area contributed by atoms with Crippen LogP contribution in [0, 0.1) is 0 Å². The third-order valence-electron chi connectivity index (χ3n) is 3.28. The van der Waals surface area contributed by atoms with Gasteiger partial charge in [-0.1, -0.05) is 65.2 Å². The first-order chi connectivity index (χ1) is 8.70. The molecule has 1 atom stereocenters. The number of carbonyl (C=O) groups excluding carboxylic acids is 1. The molecule has 0 heterocycles. The van der Waals surface area contributed by atoms with Crippen LogP contribution in [0.1, 0.15) is 91.4 Å². The average Bonchev–Trinajstić information content (AvgIpc) is 2.35. The van der Waals surface area contributed by atoms with Crippen LogP contribution in [-0.2, 0) is 9.53 Å². The van der Waals surface area contributed by atoms with Crippen molar-refractivity contribution < 1.29 is 9.53 Å². The molecule has 0 bridgehead atoms. The smallest absolute Gasteiger partial charge is 0.306 e. The first-order valence-electron chi connectivity index (χ1n) is 7.90. The second-order valence-electron chi connectivity index (χ2n) is 5.31. The first kappa shape index (κ1) is 21.6. The molecule has 0 aliphatic rings. The summed E-state index contributed by atoms with van der Waals surface area (Å²) in [7, 11) is 0. The Hall–Kier alpha value is 0.340. The molecular formula is C16H32InO2. The van der Waals surface area contributed by atoms with Crippen LogP contribution in [0.4, 0.5) is 0 Å². The Morgan fingerprint density at radius 2 is 1.42 bits per heavy atom. The Labute approximate surface area is 138 Å². The van der Waals surface area contributed by atoms with E-state index in [4.69, 9.17) is 4.74 Å². The van der Waals surface area contributed by atoms with E-state index in [1.54, 1.807) is 0 Å². The molecule has 0 fully saturated rings. The normalized spacial score (nSPS) is 11.7. The van der Waals surface area contributed by atoms with Crippen LogP contribution in [-0.4, -0.2) is 37.9 Å². The van der Waals surface area contributed by atoms with Crippen molar-refractivity contribution in [3.63, 3.8) is 0 Å².